The zero-order chi connectivity index (χ0) is 6.85. The molecule has 2 N–H and O–H groups in total. The third-order valence-electron chi connectivity index (χ3n) is 1.18. The smallest absolute Gasteiger partial charge is 0.213 e. The predicted octanol–water partition coefficient (Wildman–Crippen LogP) is -0.106. The van der Waals surface area contributed by atoms with Crippen LogP contribution in [0.4, 0.5) is 0 Å². The Morgan fingerprint density at radius 1 is 1.56 bits per heavy atom. The molecule has 1 rings (SSSR count). The second-order valence-corrected chi connectivity index (χ2v) is 3.00. The predicted molar refractivity (Wildman–Crippen MR) is 34.8 cm³/mol. The highest BCUT2D eigenvalue weighted by molar-refractivity contribution is 8.26. The molecule has 9 heavy (non-hydrogen) atoms. The van der Waals surface area contributed by atoms with Crippen molar-refractivity contribution < 1.29 is 9.59 Å². The van der Waals surface area contributed by atoms with Gasteiger partial charge in [0.1, 0.15) is 0 Å². The van der Waals surface area contributed by atoms with Crippen LogP contribution in [0.15, 0.2) is 0 Å². The van der Waals surface area contributed by atoms with Crippen LogP contribution in [0.3, 0.4) is 0 Å². The van der Waals surface area contributed by atoms with Gasteiger partial charge in [0.25, 0.3) is 0 Å². The van der Waals surface area contributed by atoms with E-state index in [0.717, 1.165) is 11.8 Å². The van der Waals surface area contributed by atoms with Gasteiger partial charge in [-0.3, -0.25) is 9.59 Å². The number of hydrogen-bond donors (Lipinski definition) is 1. The third kappa shape index (κ3) is 1.53. The van der Waals surface area contributed by atoms with Gasteiger partial charge in [-0.15, -0.1) is 0 Å². The molecular weight excluding hydrogens is 138 g/mol. The molecule has 0 aromatic rings. The van der Waals surface area contributed by atoms with Crippen LogP contribution in [0.25, 0.3) is 0 Å². The number of rotatable bonds is 0. The fourth-order valence-electron chi connectivity index (χ4n) is 0.630. The van der Waals surface area contributed by atoms with Gasteiger partial charge in [0.05, 0.1) is 6.04 Å². The van der Waals surface area contributed by atoms with Gasteiger partial charge in [0, 0.05) is 6.42 Å². The van der Waals surface area contributed by atoms with Crippen molar-refractivity contribution in [3.05, 3.63) is 0 Å². The van der Waals surface area contributed by atoms with E-state index in [9.17, 15) is 9.59 Å². The molecule has 1 aliphatic heterocycles. The van der Waals surface area contributed by atoms with Crippen molar-refractivity contribution in [2.75, 3.05) is 0 Å². The second kappa shape index (κ2) is 2.49. The van der Waals surface area contributed by atoms with Crippen LogP contribution >= 0.6 is 11.8 Å². The van der Waals surface area contributed by atoms with Crippen molar-refractivity contribution >= 4 is 22.0 Å². The quantitative estimate of drug-likeness (QED) is 0.517. The average Bonchev–Trinajstić information content (AvgIpc) is 1.80. The summed E-state index contributed by atoms with van der Waals surface area (Å²) in [6.45, 7) is 0. The summed E-state index contributed by atoms with van der Waals surface area (Å²) in [5, 5.41) is -0.243. The van der Waals surface area contributed by atoms with E-state index in [-0.39, 0.29) is 10.2 Å². The first-order valence-electron chi connectivity index (χ1n) is 2.70. The number of hydrogen-bond acceptors (Lipinski definition) is 4. The molecule has 0 spiro atoms. The van der Waals surface area contributed by atoms with Crippen molar-refractivity contribution in [2.45, 2.75) is 18.9 Å². The molecule has 0 amide bonds. The molecule has 0 aromatic carbocycles. The molecule has 0 bridgehead atoms. The molecule has 1 heterocycles. The first-order chi connectivity index (χ1) is 4.20. The lowest BCUT2D eigenvalue weighted by atomic mass is 10.2. The molecule has 0 aliphatic carbocycles. The Bertz CT molecular complexity index is 157. The van der Waals surface area contributed by atoms with Crippen LogP contribution in [0.2, 0.25) is 0 Å². The molecule has 1 atom stereocenters. The van der Waals surface area contributed by atoms with Crippen LogP contribution in [0.1, 0.15) is 12.8 Å². The first kappa shape index (κ1) is 6.77. The minimum Gasteiger partial charge on any atom is -0.321 e. The molecule has 0 unspecified atom stereocenters. The zero-order valence-corrected chi connectivity index (χ0v) is 5.61. The van der Waals surface area contributed by atoms with Crippen LogP contribution in [0.5, 0.6) is 0 Å². The lowest BCUT2D eigenvalue weighted by Crippen LogP contribution is -2.32. The van der Waals surface area contributed by atoms with Crippen LogP contribution in [-0.2, 0) is 9.59 Å². The summed E-state index contributed by atoms with van der Waals surface area (Å²) >= 11 is 0.747. The number of nitrogens with two attached hydrogens (primary N) is 1. The van der Waals surface area contributed by atoms with E-state index in [4.69, 9.17) is 5.73 Å². The number of carbonyl (C=O) groups excluding carboxylic acids is 2. The minimum atomic E-state index is -0.410. The van der Waals surface area contributed by atoms with Gasteiger partial charge >= 0.3 is 0 Å². The maximum atomic E-state index is 10.6. The van der Waals surface area contributed by atoms with Gasteiger partial charge in [-0.1, -0.05) is 0 Å². The van der Waals surface area contributed by atoms with E-state index in [1.807, 2.05) is 0 Å². The standard InChI is InChI=1S/C5H7NO2S/c6-3-1-2-4(7)9-5(3)8/h3H,1-2,6H2/t3-/m0/s1. The van der Waals surface area contributed by atoms with E-state index >= 15 is 0 Å². The summed E-state index contributed by atoms with van der Waals surface area (Å²) in [6, 6.07) is -0.410. The summed E-state index contributed by atoms with van der Waals surface area (Å²) < 4.78 is 0. The van der Waals surface area contributed by atoms with Crippen molar-refractivity contribution in [3.8, 4) is 0 Å². The maximum Gasteiger partial charge on any atom is 0.213 e. The zero-order valence-electron chi connectivity index (χ0n) is 4.79. The van der Waals surface area contributed by atoms with Crippen LogP contribution < -0.4 is 5.73 Å². The molecule has 1 saturated heterocycles. The topological polar surface area (TPSA) is 60.2 Å². The highest BCUT2D eigenvalue weighted by atomic mass is 32.2. The summed E-state index contributed by atoms with van der Waals surface area (Å²) in [6.07, 6.45) is 0.961. The summed E-state index contributed by atoms with van der Waals surface area (Å²) in [4.78, 5) is 21.1. The Balaban J connectivity index is 2.54. The Morgan fingerprint density at radius 3 is 2.67 bits per heavy atom. The van der Waals surface area contributed by atoms with E-state index in [0.29, 0.717) is 12.8 Å². The fraction of sp³-hybridized carbons (Fsp3) is 0.600. The van der Waals surface area contributed by atoms with E-state index < -0.39 is 6.04 Å². The Hall–Kier alpha value is -0.350. The normalized spacial score (nSPS) is 28.8. The molecule has 0 aromatic heterocycles. The highest BCUT2D eigenvalue weighted by Gasteiger charge is 2.24. The van der Waals surface area contributed by atoms with Crippen LogP contribution in [-0.4, -0.2) is 16.3 Å². The van der Waals surface area contributed by atoms with Gasteiger partial charge in [0.15, 0.2) is 5.12 Å². The summed E-state index contributed by atoms with van der Waals surface area (Å²) in [5.74, 6) is 0. The molecule has 1 fully saturated rings. The number of thioether (sulfide) groups is 1. The van der Waals surface area contributed by atoms with Crippen molar-refractivity contribution in [1.82, 2.24) is 0 Å². The largest absolute Gasteiger partial charge is 0.321 e. The van der Waals surface area contributed by atoms with E-state index in [1.54, 1.807) is 0 Å². The average molecular weight is 145 g/mol. The SMILES string of the molecule is N[C@H]1CCC(=O)SC1=O. The lowest BCUT2D eigenvalue weighted by Gasteiger charge is -2.12. The van der Waals surface area contributed by atoms with Crippen LogP contribution in [0, 0.1) is 0 Å². The van der Waals surface area contributed by atoms with Gasteiger partial charge in [0.2, 0.25) is 5.12 Å². The van der Waals surface area contributed by atoms with Gasteiger partial charge < -0.3 is 5.73 Å². The molecule has 0 saturated carbocycles. The highest BCUT2D eigenvalue weighted by Crippen LogP contribution is 2.18. The molecule has 4 heteroatoms. The molecule has 50 valence electrons. The molecule has 0 radical (unpaired) electrons. The van der Waals surface area contributed by atoms with Gasteiger partial charge in [-0.25, -0.2) is 0 Å². The maximum absolute atomic E-state index is 10.6. The third-order valence-corrected chi connectivity index (χ3v) is 2.11. The Labute approximate surface area is 57.0 Å². The summed E-state index contributed by atoms with van der Waals surface area (Å²) in [5.41, 5.74) is 5.32. The molecule has 3 nitrogen and oxygen atoms in total. The van der Waals surface area contributed by atoms with Gasteiger partial charge in [-0.2, -0.15) is 0 Å². The van der Waals surface area contributed by atoms with Crippen molar-refractivity contribution in [3.63, 3.8) is 0 Å². The Kier molecular flexibility index (Phi) is 1.87. The second-order valence-electron chi connectivity index (χ2n) is 1.94. The van der Waals surface area contributed by atoms with Gasteiger partial charge in [-0.05, 0) is 18.2 Å². The Morgan fingerprint density at radius 2 is 2.22 bits per heavy atom. The van der Waals surface area contributed by atoms with Crippen molar-refractivity contribution in [1.29, 1.82) is 0 Å². The molecular formula is C5H7NO2S. The van der Waals surface area contributed by atoms with E-state index in [1.165, 1.54) is 0 Å². The van der Waals surface area contributed by atoms with Crippen molar-refractivity contribution in [2.24, 2.45) is 5.73 Å². The first-order valence-corrected chi connectivity index (χ1v) is 3.52. The fourth-order valence-corrected chi connectivity index (χ4v) is 1.34. The lowest BCUT2D eigenvalue weighted by molar-refractivity contribution is -0.116. The minimum absolute atomic E-state index is 0.0540. The summed E-state index contributed by atoms with van der Waals surface area (Å²) in [7, 11) is 0. The van der Waals surface area contributed by atoms with E-state index in [2.05, 4.69) is 0 Å². The monoisotopic (exact) mass is 145 g/mol. The molecule has 1 aliphatic rings. The number of carbonyl (C=O) groups is 2.